The highest BCUT2D eigenvalue weighted by atomic mass is 32.2. The van der Waals surface area contributed by atoms with Crippen molar-refractivity contribution in [2.45, 2.75) is 23.6 Å². The molecule has 1 heterocycles. The maximum atomic E-state index is 12.2. The molecule has 0 bridgehead atoms. The van der Waals surface area contributed by atoms with E-state index in [9.17, 15) is 13.6 Å². The molecule has 0 radical (unpaired) electrons. The first-order valence-corrected chi connectivity index (χ1v) is 7.21. The zero-order valence-corrected chi connectivity index (χ0v) is 12.1. The zero-order chi connectivity index (χ0) is 15.2. The van der Waals surface area contributed by atoms with Crippen LogP contribution in [0.25, 0.3) is 0 Å². The van der Waals surface area contributed by atoms with Crippen LogP contribution < -0.4 is 5.32 Å². The number of carbonyl (C=O) groups excluding carboxylic acids is 1. The van der Waals surface area contributed by atoms with Crippen LogP contribution in [0.3, 0.4) is 0 Å². The highest BCUT2D eigenvalue weighted by Gasteiger charge is 2.12. The average Bonchev–Trinajstić information content (AvgIpc) is 2.48. The molecule has 0 aliphatic rings. The maximum Gasteiger partial charge on any atom is 0.288 e. The van der Waals surface area contributed by atoms with E-state index in [1.807, 2.05) is 19.1 Å². The fraction of sp³-hybridized carbons (Fsp3) is 0.200. The van der Waals surface area contributed by atoms with Crippen LogP contribution >= 0.6 is 11.8 Å². The Balaban J connectivity index is 2.00. The number of pyridine rings is 1. The molecule has 2 aromatic rings. The number of nitrogens with one attached hydrogen (secondary N) is 1. The van der Waals surface area contributed by atoms with E-state index in [4.69, 9.17) is 0 Å². The number of alkyl halides is 2. The third-order valence-corrected chi connectivity index (χ3v) is 3.54. The van der Waals surface area contributed by atoms with E-state index in [-0.39, 0.29) is 11.9 Å². The molecule has 110 valence electrons. The summed E-state index contributed by atoms with van der Waals surface area (Å²) in [7, 11) is 0. The van der Waals surface area contributed by atoms with Gasteiger partial charge in [0, 0.05) is 16.7 Å². The van der Waals surface area contributed by atoms with Crippen molar-refractivity contribution in [2.75, 3.05) is 0 Å². The van der Waals surface area contributed by atoms with Gasteiger partial charge in [-0.2, -0.15) is 8.78 Å². The van der Waals surface area contributed by atoms with Gasteiger partial charge in [-0.1, -0.05) is 17.8 Å². The Kier molecular flexibility index (Phi) is 5.27. The Labute approximate surface area is 125 Å². The van der Waals surface area contributed by atoms with Crippen LogP contribution in [0.4, 0.5) is 8.78 Å². The van der Waals surface area contributed by atoms with E-state index >= 15 is 0 Å². The van der Waals surface area contributed by atoms with E-state index in [0.29, 0.717) is 22.2 Å². The fourth-order valence-corrected chi connectivity index (χ4v) is 2.27. The Morgan fingerprint density at radius 3 is 2.48 bits per heavy atom. The predicted octanol–water partition coefficient (Wildman–Crippen LogP) is 3.89. The minimum Gasteiger partial charge on any atom is -0.344 e. The van der Waals surface area contributed by atoms with E-state index in [2.05, 4.69) is 10.3 Å². The smallest absolute Gasteiger partial charge is 0.288 e. The molecule has 0 saturated heterocycles. The van der Waals surface area contributed by atoms with E-state index in [0.717, 1.165) is 5.69 Å². The summed E-state index contributed by atoms with van der Waals surface area (Å²) in [6, 6.07) is 11.3. The van der Waals surface area contributed by atoms with E-state index < -0.39 is 5.76 Å². The molecule has 0 spiro atoms. The summed E-state index contributed by atoms with van der Waals surface area (Å²) >= 11 is 0.455. The lowest BCUT2D eigenvalue weighted by Gasteiger charge is -2.13. The van der Waals surface area contributed by atoms with Crippen molar-refractivity contribution < 1.29 is 13.6 Å². The third kappa shape index (κ3) is 4.53. The lowest BCUT2D eigenvalue weighted by molar-refractivity contribution is 0.0939. The van der Waals surface area contributed by atoms with Gasteiger partial charge in [0.1, 0.15) is 0 Å². The summed E-state index contributed by atoms with van der Waals surface area (Å²) in [5.74, 6) is -2.73. The number of thioether (sulfide) groups is 1. The summed E-state index contributed by atoms with van der Waals surface area (Å²) in [5.41, 5.74) is 1.19. The van der Waals surface area contributed by atoms with Gasteiger partial charge in [-0.05, 0) is 43.3 Å². The molecule has 1 N–H and O–H groups in total. The summed E-state index contributed by atoms with van der Waals surface area (Å²) in [4.78, 5) is 16.7. The summed E-state index contributed by atoms with van der Waals surface area (Å²) in [6.07, 6.45) is 1.66. The molecule has 0 fully saturated rings. The van der Waals surface area contributed by atoms with Crippen LogP contribution in [0.5, 0.6) is 0 Å². The van der Waals surface area contributed by atoms with Crippen LogP contribution in [0.15, 0.2) is 53.6 Å². The van der Waals surface area contributed by atoms with Gasteiger partial charge in [0.05, 0.1) is 11.7 Å². The average molecular weight is 308 g/mol. The Bertz CT molecular complexity index is 590. The molecule has 6 heteroatoms. The first-order valence-electron chi connectivity index (χ1n) is 6.33. The zero-order valence-electron chi connectivity index (χ0n) is 11.3. The molecule has 1 aromatic carbocycles. The van der Waals surface area contributed by atoms with Gasteiger partial charge < -0.3 is 5.32 Å². The number of amides is 1. The molecule has 1 atom stereocenters. The van der Waals surface area contributed by atoms with Crippen molar-refractivity contribution in [1.29, 1.82) is 0 Å². The molecule has 0 aliphatic heterocycles. The van der Waals surface area contributed by atoms with Gasteiger partial charge in [-0.3, -0.25) is 9.78 Å². The second-order valence-corrected chi connectivity index (χ2v) is 5.42. The van der Waals surface area contributed by atoms with Crippen LogP contribution in [0.2, 0.25) is 0 Å². The Morgan fingerprint density at radius 2 is 1.90 bits per heavy atom. The second-order valence-electron chi connectivity index (χ2n) is 4.35. The third-order valence-electron chi connectivity index (χ3n) is 2.82. The van der Waals surface area contributed by atoms with E-state index in [1.54, 1.807) is 12.3 Å². The topological polar surface area (TPSA) is 42.0 Å². The quantitative estimate of drug-likeness (QED) is 0.852. The SMILES string of the molecule is C[C@H](NC(=O)c1ccc(SC(F)F)cc1)c1ccccn1. The summed E-state index contributed by atoms with van der Waals surface area (Å²) < 4.78 is 24.4. The van der Waals surface area contributed by atoms with Gasteiger partial charge in [-0.25, -0.2) is 0 Å². The molecule has 0 saturated carbocycles. The molecule has 3 nitrogen and oxygen atoms in total. The second kappa shape index (κ2) is 7.17. The molecule has 1 aromatic heterocycles. The summed E-state index contributed by atoms with van der Waals surface area (Å²) in [5, 5.41) is 2.82. The van der Waals surface area contributed by atoms with Crippen molar-refractivity contribution in [3.05, 3.63) is 59.9 Å². The molecular weight excluding hydrogens is 294 g/mol. The van der Waals surface area contributed by atoms with Gasteiger partial charge in [0.25, 0.3) is 11.7 Å². The van der Waals surface area contributed by atoms with Gasteiger partial charge in [0.15, 0.2) is 0 Å². The molecule has 1 amide bonds. The van der Waals surface area contributed by atoms with Crippen molar-refractivity contribution in [3.8, 4) is 0 Å². The lowest BCUT2D eigenvalue weighted by Crippen LogP contribution is -2.27. The molecule has 0 unspecified atom stereocenters. The van der Waals surface area contributed by atoms with Gasteiger partial charge in [-0.15, -0.1) is 0 Å². The van der Waals surface area contributed by atoms with Crippen LogP contribution in [-0.2, 0) is 0 Å². The van der Waals surface area contributed by atoms with Crippen molar-refractivity contribution in [1.82, 2.24) is 10.3 Å². The first kappa shape index (κ1) is 15.4. The summed E-state index contributed by atoms with van der Waals surface area (Å²) in [6.45, 7) is 1.83. The minimum atomic E-state index is -2.46. The number of hydrogen-bond donors (Lipinski definition) is 1. The monoisotopic (exact) mass is 308 g/mol. The highest BCUT2D eigenvalue weighted by Crippen LogP contribution is 2.25. The standard InChI is InChI=1S/C15H14F2N2OS/c1-10(13-4-2-3-9-18-13)19-14(20)11-5-7-12(8-6-11)21-15(16)17/h2-10,15H,1H3,(H,19,20)/t10-/m0/s1. The minimum absolute atomic E-state index is 0.228. The Hall–Kier alpha value is -1.95. The van der Waals surface area contributed by atoms with Crippen molar-refractivity contribution in [3.63, 3.8) is 0 Å². The van der Waals surface area contributed by atoms with Crippen LogP contribution in [0.1, 0.15) is 29.0 Å². The number of halogens is 2. The molecular formula is C15H14F2N2OS. The maximum absolute atomic E-state index is 12.2. The van der Waals surface area contributed by atoms with Gasteiger partial charge >= 0.3 is 0 Å². The van der Waals surface area contributed by atoms with Crippen molar-refractivity contribution in [2.24, 2.45) is 0 Å². The van der Waals surface area contributed by atoms with Crippen molar-refractivity contribution >= 4 is 17.7 Å². The highest BCUT2D eigenvalue weighted by molar-refractivity contribution is 7.99. The molecule has 21 heavy (non-hydrogen) atoms. The van der Waals surface area contributed by atoms with Gasteiger partial charge in [0.2, 0.25) is 0 Å². The van der Waals surface area contributed by atoms with E-state index in [1.165, 1.54) is 24.3 Å². The molecule has 0 aliphatic carbocycles. The predicted molar refractivity (Wildman–Crippen MR) is 78.4 cm³/mol. The number of hydrogen-bond acceptors (Lipinski definition) is 3. The van der Waals surface area contributed by atoms with Crippen LogP contribution in [-0.4, -0.2) is 16.6 Å². The number of nitrogens with zero attached hydrogens (tertiary/aromatic N) is 1. The molecule has 2 rings (SSSR count). The van der Waals surface area contributed by atoms with Crippen LogP contribution in [0, 0.1) is 0 Å². The fourth-order valence-electron chi connectivity index (χ4n) is 1.77. The number of carbonyl (C=O) groups is 1. The normalized spacial score (nSPS) is 12.2. The number of rotatable bonds is 5. The number of benzene rings is 1. The number of aromatic nitrogens is 1. The largest absolute Gasteiger partial charge is 0.344 e. The lowest BCUT2D eigenvalue weighted by atomic mass is 10.1. The first-order chi connectivity index (χ1) is 10.1. The Morgan fingerprint density at radius 1 is 1.19 bits per heavy atom.